The maximum atomic E-state index is 12.1. The Hall–Kier alpha value is -1.36. The third-order valence-corrected chi connectivity index (χ3v) is 5.05. The summed E-state index contributed by atoms with van der Waals surface area (Å²) in [5.74, 6) is -0.869. The van der Waals surface area contributed by atoms with Crippen molar-refractivity contribution in [2.45, 2.75) is 12.2 Å². The molecule has 2 aliphatic rings. The number of ether oxygens (including phenoxy) is 1. The fourth-order valence-corrected chi connectivity index (χ4v) is 3.61. The summed E-state index contributed by atoms with van der Waals surface area (Å²) in [4.78, 5) is 28.2. The number of aliphatic imine (C=N–C) groups is 1. The Morgan fingerprint density at radius 2 is 2.05 bits per heavy atom. The first kappa shape index (κ1) is 16.0. The topological polar surface area (TPSA) is 117 Å². The van der Waals surface area contributed by atoms with Crippen molar-refractivity contribution < 1.29 is 22.7 Å². The zero-order valence-electron chi connectivity index (χ0n) is 11.7. The van der Waals surface area contributed by atoms with Gasteiger partial charge in [-0.1, -0.05) is 0 Å². The summed E-state index contributed by atoms with van der Waals surface area (Å²) >= 11 is 0. The monoisotopic (exact) mass is 318 g/mol. The van der Waals surface area contributed by atoms with Gasteiger partial charge in [-0.05, 0) is 6.92 Å². The number of hydrogen-bond acceptors (Lipinski definition) is 6. The van der Waals surface area contributed by atoms with Crippen LogP contribution >= 0.6 is 0 Å². The van der Waals surface area contributed by atoms with Crippen molar-refractivity contribution in [1.29, 1.82) is 0 Å². The molecule has 0 saturated carbocycles. The van der Waals surface area contributed by atoms with E-state index in [0.717, 1.165) is 13.1 Å². The van der Waals surface area contributed by atoms with E-state index >= 15 is 0 Å². The number of carbonyl (C=O) groups is 2. The molecular weight excluding hydrogens is 300 g/mol. The predicted octanol–water partition coefficient (Wildman–Crippen LogP) is -1.68. The molecule has 1 unspecified atom stereocenters. The molecule has 0 bridgehead atoms. The van der Waals surface area contributed by atoms with Crippen molar-refractivity contribution in [2.24, 2.45) is 4.99 Å². The summed E-state index contributed by atoms with van der Waals surface area (Å²) in [5, 5.41) is 0.436. The number of imide groups is 1. The zero-order chi connectivity index (χ0) is 15.5. The summed E-state index contributed by atoms with van der Waals surface area (Å²) in [7, 11) is -3.91. The lowest BCUT2D eigenvalue weighted by atomic mass is 10.2. The van der Waals surface area contributed by atoms with E-state index in [9.17, 15) is 18.0 Å². The molecule has 1 saturated heterocycles. The SMILES string of the molecule is CC1=NC(=O)NC(=O)C1S(=O)(=O)NCCN1CCOCC1. The molecular formula is C11H18N4O5S. The van der Waals surface area contributed by atoms with Crippen molar-refractivity contribution in [3.63, 3.8) is 0 Å². The van der Waals surface area contributed by atoms with E-state index in [1.807, 2.05) is 5.32 Å². The van der Waals surface area contributed by atoms with Gasteiger partial charge in [-0.15, -0.1) is 0 Å². The molecule has 0 radical (unpaired) electrons. The van der Waals surface area contributed by atoms with E-state index in [1.165, 1.54) is 6.92 Å². The van der Waals surface area contributed by atoms with Gasteiger partial charge in [-0.25, -0.2) is 22.9 Å². The molecule has 0 spiro atoms. The van der Waals surface area contributed by atoms with Gasteiger partial charge in [0.15, 0.2) is 5.25 Å². The Morgan fingerprint density at radius 1 is 1.38 bits per heavy atom. The molecule has 0 aromatic carbocycles. The highest BCUT2D eigenvalue weighted by molar-refractivity contribution is 7.91. The Labute approximate surface area is 122 Å². The molecule has 2 N–H and O–H groups in total. The molecule has 1 fully saturated rings. The molecule has 21 heavy (non-hydrogen) atoms. The van der Waals surface area contributed by atoms with Gasteiger partial charge in [0, 0.05) is 31.9 Å². The van der Waals surface area contributed by atoms with E-state index < -0.39 is 27.2 Å². The van der Waals surface area contributed by atoms with Gasteiger partial charge in [-0.2, -0.15) is 0 Å². The highest BCUT2D eigenvalue weighted by Gasteiger charge is 2.39. The number of morpholine rings is 1. The van der Waals surface area contributed by atoms with E-state index in [0.29, 0.717) is 19.8 Å². The molecule has 0 aliphatic carbocycles. The van der Waals surface area contributed by atoms with Crippen LogP contribution in [0.3, 0.4) is 0 Å². The molecule has 0 aromatic rings. The van der Waals surface area contributed by atoms with Crippen molar-refractivity contribution in [3.8, 4) is 0 Å². The highest BCUT2D eigenvalue weighted by atomic mass is 32.2. The molecule has 118 valence electrons. The lowest BCUT2D eigenvalue weighted by molar-refractivity contribution is -0.118. The Balaban J connectivity index is 1.93. The maximum Gasteiger partial charge on any atom is 0.347 e. The third kappa shape index (κ3) is 4.06. The Morgan fingerprint density at radius 3 is 2.67 bits per heavy atom. The third-order valence-electron chi connectivity index (χ3n) is 3.27. The normalized spacial score (nSPS) is 24.6. The van der Waals surface area contributed by atoms with Crippen LogP contribution in [0.15, 0.2) is 4.99 Å². The standard InChI is InChI=1S/C11H18N4O5S/c1-8-9(10(16)14-11(17)13-8)21(18,19)12-2-3-15-4-6-20-7-5-15/h9,12H,2-7H2,1H3,(H,14,16,17). The van der Waals surface area contributed by atoms with Gasteiger partial charge in [0.05, 0.1) is 13.2 Å². The first-order valence-electron chi connectivity index (χ1n) is 6.59. The lowest BCUT2D eigenvalue weighted by Gasteiger charge is -2.27. The van der Waals surface area contributed by atoms with Gasteiger partial charge >= 0.3 is 6.03 Å². The lowest BCUT2D eigenvalue weighted by Crippen LogP contribution is -2.54. The summed E-state index contributed by atoms with van der Waals surface area (Å²) in [6.07, 6.45) is 0. The number of rotatable bonds is 5. The van der Waals surface area contributed by atoms with Gasteiger partial charge in [0.25, 0.3) is 5.91 Å². The van der Waals surface area contributed by atoms with E-state index in [2.05, 4.69) is 14.6 Å². The predicted molar refractivity (Wildman–Crippen MR) is 74.6 cm³/mol. The first-order chi connectivity index (χ1) is 9.90. The van der Waals surface area contributed by atoms with Crippen LogP contribution in [-0.2, 0) is 19.6 Å². The van der Waals surface area contributed by atoms with Crippen LogP contribution < -0.4 is 10.0 Å². The molecule has 1 atom stereocenters. The average molecular weight is 318 g/mol. The number of hydrogen-bond donors (Lipinski definition) is 2. The number of sulfonamides is 1. The number of nitrogens with one attached hydrogen (secondary N) is 2. The minimum Gasteiger partial charge on any atom is -0.379 e. The molecule has 2 rings (SSSR count). The van der Waals surface area contributed by atoms with Crippen LogP contribution in [0.5, 0.6) is 0 Å². The van der Waals surface area contributed by atoms with E-state index in [1.54, 1.807) is 0 Å². The van der Waals surface area contributed by atoms with Crippen LogP contribution in [-0.4, -0.2) is 75.6 Å². The van der Waals surface area contributed by atoms with Crippen LogP contribution in [0.2, 0.25) is 0 Å². The summed E-state index contributed by atoms with van der Waals surface area (Å²) in [6, 6.07) is -0.836. The van der Waals surface area contributed by atoms with Crippen LogP contribution in [0.4, 0.5) is 4.79 Å². The second kappa shape index (κ2) is 6.60. The zero-order valence-corrected chi connectivity index (χ0v) is 12.5. The van der Waals surface area contributed by atoms with Crippen molar-refractivity contribution >= 4 is 27.7 Å². The Bertz CT molecular complexity index is 553. The number of carbonyl (C=O) groups excluding carboxylic acids is 2. The van der Waals surface area contributed by atoms with Crippen LogP contribution in [0, 0.1) is 0 Å². The first-order valence-corrected chi connectivity index (χ1v) is 8.13. The minimum atomic E-state index is -3.91. The molecule has 2 heterocycles. The second-order valence-electron chi connectivity index (χ2n) is 4.82. The van der Waals surface area contributed by atoms with Crippen LogP contribution in [0.1, 0.15) is 6.92 Å². The maximum absolute atomic E-state index is 12.1. The number of amides is 3. The quantitative estimate of drug-likeness (QED) is 0.625. The van der Waals surface area contributed by atoms with E-state index in [-0.39, 0.29) is 12.3 Å². The number of urea groups is 1. The molecule has 9 nitrogen and oxygen atoms in total. The van der Waals surface area contributed by atoms with Crippen molar-refractivity contribution in [1.82, 2.24) is 14.9 Å². The van der Waals surface area contributed by atoms with Gasteiger partial charge < -0.3 is 4.74 Å². The van der Waals surface area contributed by atoms with Gasteiger partial charge in [0.1, 0.15) is 0 Å². The summed E-state index contributed by atoms with van der Waals surface area (Å²) in [6.45, 7) is 4.83. The smallest absolute Gasteiger partial charge is 0.347 e. The second-order valence-corrected chi connectivity index (χ2v) is 6.67. The summed E-state index contributed by atoms with van der Waals surface area (Å²) < 4.78 is 31.9. The van der Waals surface area contributed by atoms with Crippen LogP contribution in [0.25, 0.3) is 0 Å². The van der Waals surface area contributed by atoms with Gasteiger partial charge in [0.2, 0.25) is 10.0 Å². The largest absolute Gasteiger partial charge is 0.379 e. The van der Waals surface area contributed by atoms with Crippen molar-refractivity contribution in [3.05, 3.63) is 0 Å². The molecule has 2 aliphatic heterocycles. The van der Waals surface area contributed by atoms with Crippen molar-refractivity contribution in [2.75, 3.05) is 39.4 Å². The Kier molecular flexibility index (Phi) is 5.04. The van der Waals surface area contributed by atoms with Gasteiger partial charge in [-0.3, -0.25) is 15.0 Å². The minimum absolute atomic E-state index is 0.0253. The highest BCUT2D eigenvalue weighted by Crippen LogP contribution is 2.07. The molecule has 10 heteroatoms. The fraction of sp³-hybridized carbons (Fsp3) is 0.727. The fourth-order valence-electron chi connectivity index (χ4n) is 2.23. The van der Waals surface area contributed by atoms with E-state index in [4.69, 9.17) is 4.74 Å². The summed E-state index contributed by atoms with van der Waals surface area (Å²) in [5.41, 5.74) is -0.0253. The molecule has 0 aromatic heterocycles. The molecule has 3 amide bonds. The average Bonchev–Trinajstić information content (AvgIpc) is 2.38. The number of nitrogens with zero attached hydrogens (tertiary/aromatic N) is 2.